The third-order valence-electron chi connectivity index (χ3n) is 4.42. The van der Waals surface area contributed by atoms with Crippen molar-refractivity contribution in [1.29, 1.82) is 0 Å². The van der Waals surface area contributed by atoms with Crippen molar-refractivity contribution in [3.05, 3.63) is 94.9 Å². The Balaban J connectivity index is 1.39. The number of esters is 1. The summed E-state index contributed by atoms with van der Waals surface area (Å²) in [7, 11) is 0. The minimum absolute atomic E-state index is 0.293. The average Bonchev–Trinajstić information content (AvgIpc) is 3.34. The van der Waals surface area contributed by atoms with E-state index in [4.69, 9.17) is 21.1 Å². The van der Waals surface area contributed by atoms with E-state index in [2.05, 4.69) is 9.56 Å². The van der Waals surface area contributed by atoms with Gasteiger partial charge in [0.2, 0.25) is 5.90 Å². The molecule has 0 N–H and O–H groups in total. The smallest absolute Gasteiger partial charge is 0.363 e. The fraction of sp³-hybridized carbons (Fsp3) is 0.130. The van der Waals surface area contributed by atoms with Gasteiger partial charge in [0.1, 0.15) is 5.75 Å². The lowest BCUT2D eigenvalue weighted by molar-refractivity contribution is -0.129. The first-order chi connectivity index (χ1) is 14.2. The molecule has 0 radical (unpaired) electrons. The van der Waals surface area contributed by atoms with E-state index in [-0.39, 0.29) is 0 Å². The molecule has 0 fully saturated rings. The Morgan fingerprint density at radius 1 is 1.03 bits per heavy atom. The summed E-state index contributed by atoms with van der Waals surface area (Å²) in [5, 5.41) is 0.686. The number of carbonyl (C=O) groups is 1. The van der Waals surface area contributed by atoms with Crippen molar-refractivity contribution >= 4 is 29.5 Å². The molecule has 4 rings (SSSR count). The van der Waals surface area contributed by atoms with Gasteiger partial charge in [-0.2, -0.15) is 0 Å². The molecule has 0 spiro atoms. The summed E-state index contributed by atoms with van der Waals surface area (Å²) in [6, 6.07) is 20.6. The Labute approximate surface area is 173 Å². The number of aryl methyl sites for hydroxylation is 1. The Morgan fingerprint density at radius 3 is 2.62 bits per heavy atom. The van der Waals surface area contributed by atoms with Crippen LogP contribution in [0.15, 0.2) is 83.6 Å². The van der Waals surface area contributed by atoms with Crippen molar-refractivity contribution in [3.63, 3.8) is 0 Å². The van der Waals surface area contributed by atoms with Crippen LogP contribution in [0.5, 0.6) is 5.75 Å². The van der Waals surface area contributed by atoms with Gasteiger partial charge in [0, 0.05) is 29.0 Å². The molecular weight excluding hydrogens is 388 g/mol. The molecule has 0 bridgehead atoms. The first-order valence-corrected chi connectivity index (χ1v) is 9.68. The number of aliphatic imine (C=N–C) groups is 1. The number of halogens is 1. The molecule has 0 saturated heterocycles. The Morgan fingerprint density at radius 2 is 1.83 bits per heavy atom. The first kappa shape index (κ1) is 19.0. The third kappa shape index (κ3) is 4.76. The molecule has 2 aromatic carbocycles. The van der Waals surface area contributed by atoms with E-state index in [1.54, 1.807) is 18.2 Å². The summed E-state index contributed by atoms with van der Waals surface area (Å²) >= 11 is 5.88. The van der Waals surface area contributed by atoms with Gasteiger partial charge in [-0.25, -0.2) is 9.79 Å². The molecule has 1 aliphatic rings. The standard InChI is InChI=1S/C23H19ClN2O3/c24-18-9-11-20(12-10-18)28-15-5-14-26-13-4-8-19(26)16-21-23(27)29-22(25-21)17-6-2-1-3-7-17/h1-4,6-13,16H,5,14-15H2. The molecular formula is C23H19ClN2O3. The molecule has 5 nitrogen and oxygen atoms in total. The van der Waals surface area contributed by atoms with Crippen LogP contribution >= 0.6 is 11.6 Å². The van der Waals surface area contributed by atoms with Crippen molar-refractivity contribution in [1.82, 2.24) is 4.57 Å². The molecule has 0 unspecified atom stereocenters. The van der Waals surface area contributed by atoms with E-state index in [1.165, 1.54) is 0 Å². The molecule has 3 aromatic rings. The summed E-state index contributed by atoms with van der Waals surface area (Å²) in [4.78, 5) is 16.5. The second kappa shape index (κ2) is 8.80. The zero-order valence-corrected chi connectivity index (χ0v) is 16.4. The van der Waals surface area contributed by atoms with E-state index in [0.29, 0.717) is 23.2 Å². The molecule has 0 amide bonds. The van der Waals surface area contributed by atoms with Crippen LogP contribution in [0.1, 0.15) is 17.7 Å². The summed E-state index contributed by atoms with van der Waals surface area (Å²) < 4.78 is 13.1. The molecule has 1 aliphatic heterocycles. The minimum Gasteiger partial charge on any atom is -0.494 e. The maximum atomic E-state index is 12.2. The van der Waals surface area contributed by atoms with E-state index in [1.807, 2.05) is 60.8 Å². The molecule has 0 saturated carbocycles. The Bertz CT molecular complexity index is 1050. The van der Waals surface area contributed by atoms with Crippen LogP contribution in [0, 0.1) is 0 Å². The summed E-state index contributed by atoms with van der Waals surface area (Å²) in [5.74, 6) is 0.680. The lowest BCUT2D eigenvalue weighted by Crippen LogP contribution is -2.06. The summed E-state index contributed by atoms with van der Waals surface area (Å²) in [5.41, 5.74) is 1.96. The molecule has 29 heavy (non-hydrogen) atoms. The lowest BCUT2D eigenvalue weighted by atomic mass is 10.2. The fourth-order valence-electron chi connectivity index (χ4n) is 2.97. The molecule has 1 aromatic heterocycles. The number of carbonyl (C=O) groups excluding carboxylic acids is 1. The first-order valence-electron chi connectivity index (χ1n) is 9.30. The van der Waals surface area contributed by atoms with Crippen LogP contribution in [-0.4, -0.2) is 23.0 Å². The maximum Gasteiger partial charge on any atom is 0.363 e. The summed E-state index contributed by atoms with van der Waals surface area (Å²) in [6.45, 7) is 1.33. The van der Waals surface area contributed by atoms with Crippen molar-refractivity contribution < 1.29 is 14.3 Å². The second-order valence-electron chi connectivity index (χ2n) is 6.48. The predicted molar refractivity (Wildman–Crippen MR) is 113 cm³/mol. The zero-order chi connectivity index (χ0) is 20.1. The van der Waals surface area contributed by atoms with E-state index >= 15 is 0 Å². The Kier molecular flexibility index (Phi) is 5.77. The van der Waals surface area contributed by atoms with Crippen LogP contribution in [0.2, 0.25) is 5.02 Å². The molecule has 0 aliphatic carbocycles. The van der Waals surface area contributed by atoms with Gasteiger partial charge in [-0.15, -0.1) is 0 Å². The number of rotatable bonds is 7. The normalized spacial score (nSPS) is 14.7. The average molecular weight is 407 g/mol. The molecule has 146 valence electrons. The van der Waals surface area contributed by atoms with Crippen LogP contribution in [0.3, 0.4) is 0 Å². The third-order valence-corrected chi connectivity index (χ3v) is 4.67. The predicted octanol–water partition coefficient (Wildman–Crippen LogP) is 4.96. The number of hydrogen-bond acceptors (Lipinski definition) is 4. The molecule has 2 heterocycles. The monoisotopic (exact) mass is 406 g/mol. The van der Waals surface area contributed by atoms with Gasteiger partial charge >= 0.3 is 5.97 Å². The highest BCUT2D eigenvalue weighted by Gasteiger charge is 2.24. The number of cyclic esters (lactones) is 1. The van der Waals surface area contributed by atoms with Gasteiger partial charge in [-0.3, -0.25) is 0 Å². The quantitative estimate of drug-likeness (QED) is 0.317. The highest BCUT2D eigenvalue weighted by Crippen LogP contribution is 2.20. The van der Waals surface area contributed by atoms with Crippen molar-refractivity contribution in [2.75, 3.05) is 6.61 Å². The Hall–Kier alpha value is -3.31. The highest BCUT2D eigenvalue weighted by molar-refractivity contribution is 6.30. The zero-order valence-electron chi connectivity index (χ0n) is 15.6. The van der Waals surface area contributed by atoms with Gasteiger partial charge in [0.25, 0.3) is 0 Å². The van der Waals surface area contributed by atoms with Crippen LogP contribution < -0.4 is 4.74 Å². The fourth-order valence-corrected chi connectivity index (χ4v) is 3.10. The maximum absolute atomic E-state index is 12.2. The number of aromatic nitrogens is 1. The van der Waals surface area contributed by atoms with Crippen LogP contribution in [-0.2, 0) is 16.1 Å². The van der Waals surface area contributed by atoms with Gasteiger partial charge in [0.15, 0.2) is 5.70 Å². The van der Waals surface area contributed by atoms with Gasteiger partial charge < -0.3 is 14.0 Å². The topological polar surface area (TPSA) is 52.8 Å². The SMILES string of the molecule is O=C1OC(c2ccccc2)=NC1=Cc1cccn1CCCOc1ccc(Cl)cc1. The molecule has 6 heteroatoms. The number of nitrogens with zero attached hydrogens (tertiary/aromatic N) is 2. The van der Waals surface area contributed by atoms with Gasteiger partial charge in [-0.1, -0.05) is 29.8 Å². The highest BCUT2D eigenvalue weighted by atomic mass is 35.5. The van der Waals surface area contributed by atoms with Crippen LogP contribution in [0.4, 0.5) is 0 Å². The number of benzene rings is 2. The lowest BCUT2D eigenvalue weighted by Gasteiger charge is -2.08. The van der Waals surface area contributed by atoms with Crippen molar-refractivity contribution in [3.8, 4) is 5.75 Å². The van der Waals surface area contributed by atoms with E-state index < -0.39 is 5.97 Å². The largest absolute Gasteiger partial charge is 0.494 e. The second-order valence-corrected chi connectivity index (χ2v) is 6.92. The van der Waals surface area contributed by atoms with Crippen LogP contribution in [0.25, 0.3) is 6.08 Å². The van der Waals surface area contributed by atoms with Crippen molar-refractivity contribution in [2.45, 2.75) is 13.0 Å². The summed E-state index contributed by atoms with van der Waals surface area (Å²) in [6.07, 6.45) is 4.53. The van der Waals surface area contributed by atoms with E-state index in [9.17, 15) is 4.79 Å². The van der Waals surface area contributed by atoms with Gasteiger partial charge in [0.05, 0.1) is 6.61 Å². The van der Waals surface area contributed by atoms with Crippen molar-refractivity contribution in [2.24, 2.45) is 4.99 Å². The molecule has 0 atom stereocenters. The number of hydrogen-bond donors (Lipinski definition) is 0. The van der Waals surface area contributed by atoms with Gasteiger partial charge in [-0.05, 0) is 61.0 Å². The van der Waals surface area contributed by atoms with E-state index in [0.717, 1.165) is 30.0 Å². The minimum atomic E-state index is -0.442. The number of ether oxygens (including phenoxy) is 2.